The second-order valence-electron chi connectivity index (χ2n) is 7.33. The Bertz CT molecular complexity index is 696. The lowest BCUT2D eigenvalue weighted by atomic mass is 10.3. The molecule has 1 aromatic rings. The van der Waals surface area contributed by atoms with Crippen LogP contribution < -0.4 is 10.2 Å². The van der Waals surface area contributed by atoms with Crippen LogP contribution in [0.4, 0.5) is 5.82 Å². The number of pyridine rings is 1. The van der Waals surface area contributed by atoms with Gasteiger partial charge in [0.1, 0.15) is 5.82 Å². The molecule has 0 bridgehead atoms. The lowest BCUT2D eigenvalue weighted by molar-refractivity contribution is 0.372. The Morgan fingerprint density at radius 3 is 2.41 bits per heavy atom. The summed E-state index contributed by atoms with van der Waals surface area (Å²) >= 11 is 0. The fraction of sp³-hybridized carbons (Fsp3) is 0.667. The molecule has 9 heteroatoms. The third-order valence-corrected chi connectivity index (χ3v) is 7.03. The second kappa shape index (κ2) is 10.4. The predicted molar refractivity (Wildman–Crippen MR) is 123 cm³/mol. The van der Waals surface area contributed by atoms with Gasteiger partial charge in [0, 0.05) is 38.9 Å². The van der Waals surface area contributed by atoms with Gasteiger partial charge in [0.25, 0.3) is 0 Å². The Kier molecular flexibility index (Phi) is 9.26. The van der Waals surface area contributed by atoms with Crippen molar-refractivity contribution in [3.8, 4) is 0 Å². The Morgan fingerprint density at radius 1 is 1.22 bits per heavy atom. The fourth-order valence-electron chi connectivity index (χ4n) is 2.69. The van der Waals surface area contributed by atoms with Gasteiger partial charge >= 0.3 is 0 Å². The Balaban J connectivity index is 0.00000364. The molecule has 2 heterocycles. The average Bonchev–Trinajstić information content (AvgIpc) is 2.61. The second-order valence-corrected chi connectivity index (χ2v) is 10.2. The maximum Gasteiger partial charge on any atom is 0.194 e. The molecule has 7 nitrogen and oxygen atoms in total. The molecule has 0 radical (unpaired) electrons. The van der Waals surface area contributed by atoms with E-state index in [1.54, 1.807) is 20.8 Å². The molecule has 154 valence electrons. The van der Waals surface area contributed by atoms with E-state index >= 15 is 0 Å². The molecule has 1 fully saturated rings. The highest BCUT2D eigenvalue weighted by Gasteiger charge is 2.28. The van der Waals surface area contributed by atoms with Crippen molar-refractivity contribution < 1.29 is 8.42 Å². The summed E-state index contributed by atoms with van der Waals surface area (Å²) < 4.78 is 23.8. The number of hydrogen-bond acceptors (Lipinski definition) is 5. The number of nitrogens with one attached hydrogen (secondary N) is 1. The predicted octanol–water partition coefficient (Wildman–Crippen LogP) is 2.00. The van der Waals surface area contributed by atoms with Crippen LogP contribution in [-0.2, 0) is 9.84 Å². The van der Waals surface area contributed by atoms with E-state index in [9.17, 15) is 8.42 Å². The molecule has 27 heavy (non-hydrogen) atoms. The number of guanidine groups is 1. The Hall–Kier alpha value is -1.10. The average molecular weight is 509 g/mol. The van der Waals surface area contributed by atoms with Gasteiger partial charge in [-0.05, 0) is 39.8 Å². The molecule has 1 aliphatic rings. The first-order valence-electron chi connectivity index (χ1n) is 9.16. The van der Waals surface area contributed by atoms with Crippen LogP contribution in [0.3, 0.4) is 0 Å². The zero-order valence-corrected chi connectivity index (χ0v) is 19.8. The summed E-state index contributed by atoms with van der Waals surface area (Å²) in [4.78, 5) is 13.4. The summed E-state index contributed by atoms with van der Waals surface area (Å²) in [6, 6.07) is 5.93. The summed E-state index contributed by atoms with van der Waals surface area (Å²) in [6.45, 7) is 11.6. The summed E-state index contributed by atoms with van der Waals surface area (Å²) in [5.74, 6) is 1.85. The van der Waals surface area contributed by atoms with E-state index in [0.717, 1.165) is 44.5 Å². The minimum Gasteiger partial charge on any atom is -0.357 e. The topological polar surface area (TPSA) is 77.9 Å². The van der Waals surface area contributed by atoms with Crippen LogP contribution in [0.5, 0.6) is 0 Å². The maximum absolute atomic E-state index is 12.3. The van der Waals surface area contributed by atoms with Gasteiger partial charge in [-0.15, -0.1) is 24.0 Å². The van der Waals surface area contributed by atoms with Crippen molar-refractivity contribution in [1.29, 1.82) is 0 Å². The Labute approximate surface area is 180 Å². The first kappa shape index (κ1) is 23.9. The van der Waals surface area contributed by atoms with Gasteiger partial charge in [0.05, 0.1) is 17.0 Å². The lowest BCUT2D eigenvalue weighted by Gasteiger charge is -2.37. The zero-order chi connectivity index (χ0) is 19.2. The maximum atomic E-state index is 12.3. The van der Waals surface area contributed by atoms with E-state index in [-0.39, 0.29) is 36.3 Å². The molecular formula is C18H32IN5O2S. The molecule has 0 amide bonds. The quantitative estimate of drug-likeness (QED) is 0.372. The molecule has 0 unspecified atom stereocenters. The van der Waals surface area contributed by atoms with Crippen LogP contribution in [0.1, 0.15) is 27.7 Å². The van der Waals surface area contributed by atoms with Crippen LogP contribution in [0, 0.1) is 0 Å². The van der Waals surface area contributed by atoms with E-state index in [1.165, 1.54) is 0 Å². The van der Waals surface area contributed by atoms with Gasteiger partial charge in [-0.1, -0.05) is 6.07 Å². The normalized spacial score (nSPS) is 16.1. The van der Waals surface area contributed by atoms with Crippen LogP contribution in [0.25, 0.3) is 0 Å². The summed E-state index contributed by atoms with van der Waals surface area (Å²) in [5, 5.41) is 3.28. The number of nitrogens with zero attached hydrogens (tertiary/aromatic N) is 4. The van der Waals surface area contributed by atoms with Gasteiger partial charge in [-0.2, -0.15) is 0 Å². The number of rotatable bonds is 5. The largest absolute Gasteiger partial charge is 0.357 e. The minimum absolute atomic E-state index is 0. The highest BCUT2D eigenvalue weighted by molar-refractivity contribution is 14.0. The number of piperazine rings is 1. The molecule has 1 aliphatic heterocycles. The third-order valence-electron chi connectivity index (χ3n) is 4.44. The van der Waals surface area contributed by atoms with Crippen LogP contribution in [0.2, 0.25) is 0 Å². The summed E-state index contributed by atoms with van der Waals surface area (Å²) in [6.07, 6.45) is 1.81. The molecule has 0 spiro atoms. The lowest BCUT2D eigenvalue weighted by Crippen LogP contribution is -2.52. The number of aliphatic imine (C=N–C) groups is 1. The highest BCUT2D eigenvalue weighted by Crippen LogP contribution is 2.16. The highest BCUT2D eigenvalue weighted by atomic mass is 127. The van der Waals surface area contributed by atoms with E-state index < -0.39 is 14.6 Å². The zero-order valence-electron chi connectivity index (χ0n) is 16.7. The van der Waals surface area contributed by atoms with Gasteiger partial charge in [0.15, 0.2) is 15.8 Å². The van der Waals surface area contributed by atoms with Crippen molar-refractivity contribution in [2.24, 2.45) is 4.99 Å². The fourth-order valence-corrected chi connectivity index (χ4v) is 3.64. The molecule has 0 saturated carbocycles. The van der Waals surface area contributed by atoms with E-state index in [4.69, 9.17) is 0 Å². The van der Waals surface area contributed by atoms with E-state index in [1.807, 2.05) is 31.3 Å². The van der Waals surface area contributed by atoms with Crippen molar-refractivity contribution in [1.82, 2.24) is 15.2 Å². The van der Waals surface area contributed by atoms with Crippen LogP contribution in [0.15, 0.2) is 29.4 Å². The monoisotopic (exact) mass is 509 g/mol. The molecule has 0 aliphatic carbocycles. The molecule has 0 aromatic carbocycles. The van der Waals surface area contributed by atoms with Gasteiger partial charge in [0.2, 0.25) is 0 Å². The van der Waals surface area contributed by atoms with Crippen LogP contribution in [-0.4, -0.2) is 74.0 Å². The van der Waals surface area contributed by atoms with Crippen molar-refractivity contribution >= 4 is 45.6 Å². The number of hydrogen-bond donors (Lipinski definition) is 1. The van der Waals surface area contributed by atoms with Crippen LogP contribution >= 0.6 is 24.0 Å². The van der Waals surface area contributed by atoms with Crippen molar-refractivity contribution in [3.05, 3.63) is 24.4 Å². The van der Waals surface area contributed by atoms with Crippen molar-refractivity contribution in [2.45, 2.75) is 32.4 Å². The van der Waals surface area contributed by atoms with Gasteiger partial charge in [-0.3, -0.25) is 4.99 Å². The standard InChI is InChI=1S/C18H31N5O2S.HI/c1-5-19-17(21-10-15-26(24,25)18(2,3)4)23-13-11-22(12-14-23)16-8-6-7-9-20-16;/h6-9H,5,10-15H2,1-4H3,(H,19,21);1H. The van der Waals surface area contributed by atoms with E-state index in [2.05, 4.69) is 25.1 Å². The molecule has 1 saturated heterocycles. The number of anilines is 1. The molecule has 1 N–H and O–H groups in total. The number of aromatic nitrogens is 1. The van der Waals surface area contributed by atoms with Crippen molar-refractivity contribution in [2.75, 3.05) is 49.9 Å². The molecule has 1 aromatic heterocycles. The third kappa shape index (κ3) is 6.78. The first-order chi connectivity index (χ1) is 12.2. The van der Waals surface area contributed by atoms with Gasteiger partial charge < -0.3 is 15.1 Å². The Morgan fingerprint density at radius 2 is 1.89 bits per heavy atom. The molecule has 0 atom stereocenters. The molecular weight excluding hydrogens is 477 g/mol. The first-order valence-corrected chi connectivity index (χ1v) is 10.8. The summed E-state index contributed by atoms with van der Waals surface area (Å²) in [5.41, 5.74) is 0. The smallest absolute Gasteiger partial charge is 0.194 e. The number of sulfone groups is 1. The van der Waals surface area contributed by atoms with E-state index in [0.29, 0.717) is 0 Å². The minimum atomic E-state index is -3.15. The number of halogens is 1. The van der Waals surface area contributed by atoms with Gasteiger partial charge in [-0.25, -0.2) is 13.4 Å². The summed E-state index contributed by atoms with van der Waals surface area (Å²) in [7, 11) is -3.15. The SMILES string of the molecule is CCNC(=NCCS(=O)(=O)C(C)(C)C)N1CCN(c2ccccn2)CC1.I. The molecule has 2 rings (SSSR count). The van der Waals surface area contributed by atoms with Crippen molar-refractivity contribution in [3.63, 3.8) is 0 Å².